The maximum atomic E-state index is 11.3. The van der Waals surface area contributed by atoms with Gasteiger partial charge in [0.25, 0.3) is 5.24 Å². The smallest absolute Gasteiger partial charge is 0.252 e. The van der Waals surface area contributed by atoms with Crippen LogP contribution in [0, 0.1) is 0 Å². The second kappa shape index (κ2) is 4.58. The van der Waals surface area contributed by atoms with Gasteiger partial charge in [-0.15, -0.1) is 0 Å². The maximum Gasteiger partial charge on any atom is 0.252 e. The molecule has 0 bridgehead atoms. The largest absolute Gasteiger partial charge is 0.276 e. The lowest BCUT2D eigenvalue weighted by atomic mass is 9.95. The SMILES string of the molecule is O=C(Cl)c1ccc(-c2ccccc2)c(C2CC2)c1. The summed E-state index contributed by atoms with van der Waals surface area (Å²) in [5.41, 5.74) is 4.28. The highest BCUT2D eigenvalue weighted by Gasteiger charge is 2.27. The van der Waals surface area contributed by atoms with Crippen LogP contribution in [-0.2, 0) is 0 Å². The van der Waals surface area contributed by atoms with Crippen LogP contribution in [0.2, 0.25) is 0 Å². The summed E-state index contributed by atoms with van der Waals surface area (Å²) in [6, 6.07) is 16.1. The summed E-state index contributed by atoms with van der Waals surface area (Å²) in [5.74, 6) is 0.594. The number of carbonyl (C=O) groups is 1. The van der Waals surface area contributed by atoms with Gasteiger partial charge in [-0.3, -0.25) is 4.79 Å². The van der Waals surface area contributed by atoms with Crippen molar-refractivity contribution in [3.63, 3.8) is 0 Å². The molecule has 1 nitrogen and oxygen atoms in total. The molecular formula is C16H13ClO. The Labute approximate surface area is 111 Å². The molecule has 3 rings (SSSR count). The summed E-state index contributed by atoms with van der Waals surface area (Å²) in [6.07, 6.45) is 2.42. The molecule has 2 aromatic carbocycles. The number of hydrogen-bond acceptors (Lipinski definition) is 1. The van der Waals surface area contributed by atoms with Crippen molar-refractivity contribution in [2.45, 2.75) is 18.8 Å². The van der Waals surface area contributed by atoms with Crippen molar-refractivity contribution in [2.75, 3.05) is 0 Å². The number of carbonyl (C=O) groups excluding carboxylic acids is 1. The van der Waals surface area contributed by atoms with Crippen LogP contribution in [0.15, 0.2) is 48.5 Å². The monoisotopic (exact) mass is 256 g/mol. The molecule has 0 radical (unpaired) electrons. The van der Waals surface area contributed by atoms with E-state index in [1.165, 1.54) is 29.5 Å². The highest BCUT2D eigenvalue weighted by Crippen LogP contribution is 2.44. The van der Waals surface area contributed by atoms with E-state index in [0.717, 1.165) is 0 Å². The Morgan fingerprint density at radius 3 is 2.39 bits per heavy atom. The van der Waals surface area contributed by atoms with Crippen LogP contribution in [-0.4, -0.2) is 5.24 Å². The van der Waals surface area contributed by atoms with Gasteiger partial charge < -0.3 is 0 Å². The van der Waals surface area contributed by atoms with Gasteiger partial charge in [-0.2, -0.15) is 0 Å². The van der Waals surface area contributed by atoms with Gasteiger partial charge in [0.15, 0.2) is 0 Å². The molecule has 2 aromatic rings. The van der Waals surface area contributed by atoms with Gasteiger partial charge in [0.2, 0.25) is 0 Å². The summed E-state index contributed by atoms with van der Waals surface area (Å²) in [7, 11) is 0. The molecule has 0 heterocycles. The van der Waals surface area contributed by atoms with Crippen LogP contribution in [0.4, 0.5) is 0 Å². The number of benzene rings is 2. The van der Waals surface area contributed by atoms with Crippen molar-refractivity contribution in [1.29, 1.82) is 0 Å². The first kappa shape index (κ1) is 11.5. The van der Waals surface area contributed by atoms with E-state index >= 15 is 0 Å². The summed E-state index contributed by atoms with van der Waals surface area (Å²) < 4.78 is 0. The summed E-state index contributed by atoms with van der Waals surface area (Å²) in [4.78, 5) is 11.3. The van der Waals surface area contributed by atoms with Gasteiger partial charge in [0.1, 0.15) is 0 Å². The third kappa shape index (κ3) is 2.19. The van der Waals surface area contributed by atoms with E-state index in [2.05, 4.69) is 12.1 Å². The van der Waals surface area contributed by atoms with Crippen molar-refractivity contribution in [1.82, 2.24) is 0 Å². The van der Waals surface area contributed by atoms with Crippen molar-refractivity contribution in [2.24, 2.45) is 0 Å². The Balaban J connectivity index is 2.12. The third-order valence-electron chi connectivity index (χ3n) is 3.38. The number of hydrogen-bond donors (Lipinski definition) is 0. The van der Waals surface area contributed by atoms with Crippen LogP contribution in [0.25, 0.3) is 11.1 Å². The van der Waals surface area contributed by atoms with E-state index in [4.69, 9.17) is 11.6 Å². The van der Waals surface area contributed by atoms with Crippen LogP contribution < -0.4 is 0 Å². The molecule has 0 N–H and O–H groups in total. The van der Waals surface area contributed by atoms with Gasteiger partial charge in [0, 0.05) is 5.56 Å². The predicted molar refractivity (Wildman–Crippen MR) is 74.0 cm³/mol. The minimum atomic E-state index is -0.378. The molecule has 90 valence electrons. The Hall–Kier alpha value is -1.60. The first-order valence-corrected chi connectivity index (χ1v) is 6.52. The standard InChI is InChI=1S/C16H13ClO/c17-16(18)13-8-9-14(11-4-2-1-3-5-11)15(10-13)12-6-7-12/h1-5,8-10,12H,6-7H2. The molecule has 0 saturated heterocycles. The van der Waals surface area contributed by atoms with Crippen molar-refractivity contribution >= 4 is 16.8 Å². The normalized spacial score (nSPS) is 14.5. The first-order chi connectivity index (χ1) is 8.75. The van der Waals surface area contributed by atoms with Crippen molar-refractivity contribution in [3.8, 4) is 11.1 Å². The number of rotatable bonds is 3. The Kier molecular flexibility index (Phi) is 2.92. The molecular weight excluding hydrogens is 244 g/mol. The zero-order valence-corrected chi connectivity index (χ0v) is 10.7. The van der Waals surface area contributed by atoms with E-state index < -0.39 is 0 Å². The lowest BCUT2D eigenvalue weighted by Gasteiger charge is -2.10. The number of halogens is 1. The third-order valence-corrected chi connectivity index (χ3v) is 3.60. The average Bonchev–Trinajstić information content (AvgIpc) is 3.23. The first-order valence-electron chi connectivity index (χ1n) is 6.15. The molecule has 0 unspecified atom stereocenters. The molecule has 0 atom stereocenters. The molecule has 0 spiro atoms. The fraction of sp³-hybridized carbons (Fsp3) is 0.188. The minimum Gasteiger partial charge on any atom is -0.276 e. The van der Waals surface area contributed by atoms with Crippen molar-refractivity contribution < 1.29 is 4.79 Å². The second-order valence-electron chi connectivity index (χ2n) is 4.72. The molecule has 0 aromatic heterocycles. The Bertz CT molecular complexity index is 585. The lowest BCUT2D eigenvalue weighted by Crippen LogP contribution is -1.94. The van der Waals surface area contributed by atoms with Gasteiger partial charge >= 0.3 is 0 Å². The summed E-state index contributed by atoms with van der Waals surface area (Å²) in [6.45, 7) is 0. The fourth-order valence-corrected chi connectivity index (χ4v) is 2.42. The molecule has 1 saturated carbocycles. The molecule has 1 fully saturated rings. The highest BCUT2D eigenvalue weighted by atomic mass is 35.5. The topological polar surface area (TPSA) is 17.1 Å². The van der Waals surface area contributed by atoms with Gasteiger partial charge in [-0.25, -0.2) is 0 Å². The molecule has 0 aliphatic heterocycles. The fourth-order valence-electron chi connectivity index (χ4n) is 2.30. The van der Waals surface area contributed by atoms with E-state index in [0.29, 0.717) is 11.5 Å². The zero-order chi connectivity index (χ0) is 12.5. The Morgan fingerprint density at radius 1 is 1.06 bits per heavy atom. The molecule has 2 heteroatoms. The molecule has 18 heavy (non-hydrogen) atoms. The van der Waals surface area contributed by atoms with Crippen molar-refractivity contribution in [3.05, 3.63) is 59.7 Å². The van der Waals surface area contributed by atoms with Gasteiger partial charge in [-0.1, -0.05) is 36.4 Å². The molecule has 1 aliphatic carbocycles. The zero-order valence-electron chi connectivity index (χ0n) is 9.90. The van der Waals surface area contributed by atoms with Crippen LogP contribution >= 0.6 is 11.6 Å². The molecule has 0 amide bonds. The summed E-state index contributed by atoms with van der Waals surface area (Å²) >= 11 is 5.56. The predicted octanol–water partition coefficient (Wildman–Crippen LogP) is 4.61. The molecule has 1 aliphatic rings. The van der Waals surface area contributed by atoms with E-state index in [1.54, 1.807) is 0 Å². The highest BCUT2D eigenvalue weighted by molar-refractivity contribution is 6.67. The maximum absolute atomic E-state index is 11.3. The van der Waals surface area contributed by atoms with Gasteiger partial charge in [-0.05, 0) is 59.2 Å². The Morgan fingerprint density at radius 2 is 1.78 bits per heavy atom. The van der Waals surface area contributed by atoms with E-state index in [-0.39, 0.29) is 5.24 Å². The summed E-state index contributed by atoms with van der Waals surface area (Å²) in [5, 5.41) is -0.378. The van der Waals surface area contributed by atoms with E-state index in [9.17, 15) is 4.79 Å². The van der Waals surface area contributed by atoms with Crippen LogP contribution in [0.1, 0.15) is 34.7 Å². The average molecular weight is 257 g/mol. The minimum absolute atomic E-state index is 0.378. The second-order valence-corrected chi connectivity index (χ2v) is 5.06. The van der Waals surface area contributed by atoms with Gasteiger partial charge in [0.05, 0.1) is 0 Å². The lowest BCUT2D eigenvalue weighted by molar-refractivity contribution is 0.108. The van der Waals surface area contributed by atoms with E-state index in [1.807, 2.05) is 36.4 Å². The quantitative estimate of drug-likeness (QED) is 0.733. The van der Waals surface area contributed by atoms with Crippen LogP contribution in [0.5, 0.6) is 0 Å². The van der Waals surface area contributed by atoms with Crippen LogP contribution in [0.3, 0.4) is 0 Å².